The van der Waals surface area contributed by atoms with E-state index >= 15 is 0 Å². The van der Waals surface area contributed by atoms with Crippen LogP contribution in [0, 0.1) is 0 Å². The van der Waals surface area contributed by atoms with Gasteiger partial charge in [-0.25, -0.2) is 0 Å². The van der Waals surface area contributed by atoms with Crippen molar-refractivity contribution in [2.45, 2.75) is 39.2 Å². The molecule has 0 aliphatic heterocycles. The third-order valence-electron chi connectivity index (χ3n) is 4.05. The second-order valence-corrected chi connectivity index (χ2v) is 6.21. The van der Waals surface area contributed by atoms with Crippen molar-refractivity contribution in [1.82, 2.24) is 10.2 Å². The number of aromatic nitrogens is 2. The molecule has 25 heavy (non-hydrogen) atoms. The Morgan fingerprint density at radius 2 is 1.84 bits per heavy atom. The van der Waals surface area contributed by atoms with E-state index in [0.29, 0.717) is 28.9 Å². The number of nitrogens with zero attached hydrogens (tertiary/aromatic N) is 2. The quantitative estimate of drug-likeness (QED) is 0.699. The molecule has 0 bridgehead atoms. The molecule has 0 unspecified atom stereocenters. The van der Waals surface area contributed by atoms with Crippen LogP contribution in [0.2, 0.25) is 0 Å². The van der Waals surface area contributed by atoms with Gasteiger partial charge in [-0.1, -0.05) is 6.07 Å². The number of anilines is 4. The fourth-order valence-electron chi connectivity index (χ4n) is 2.62. The summed E-state index contributed by atoms with van der Waals surface area (Å²) < 4.78 is 0. The Morgan fingerprint density at radius 1 is 1.08 bits per heavy atom. The van der Waals surface area contributed by atoms with Gasteiger partial charge < -0.3 is 16.0 Å². The van der Waals surface area contributed by atoms with E-state index in [4.69, 9.17) is 0 Å². The van der Waals surface area contributed by atoms with E-state index in [2.05, 4.69) is 26.1 Å². The highest BCUT2D eigenvalue weighted by Crippen LogP contribution is 2.27. The van der Waals surface area contributed by atoms with Crippen LogP contribution >= 0.6 is 0 Å². The molecular weight excluding hydrogens is 318 g/mol. The number of nitrogens with one attached hydrogen (secondary N) is 3. The number of rotatable bonds is 6. The van der Waals surface area contributed by atoms with E-state index in [1.807, 2.05) is 12.1 Å². The minimum absolute atomic E-state index is 0.117. The summed E-state index contributed by atoms with van der Waals surface area (Å²) in [4.78, 5) is 22.9. The zero-order valence-corrected chi connectivity index (χ0v) is 14.3. The summed E-state index contributed by atoms with van der Waals surface area (Å²) in [6, 6.07) is 9.50. The lowest BCUT2D eigenvalue weighted by Gasteiger charge is -2.28. The monoisotopic (exact) mass is 339 g/mol. The van der Waals surface area contributed by atoms with Crippen LogP contribution in [0.5, 0.6) is 0 Å². The Labute approximate surface area is 146 Å². The van der Waals surface area contributed by atoms with Crippen molar-refractivity contribution in [3.8, 4) is 0 Å². The number of hydrogen-bond acceptors (Lipinski definition) is 6. The first-order valence-electron chi connectivity index (χ1n) is 8.31. The van der Waals surface area contributed by atoms with Crippen LogP contribution in [0.4, 0.5) is 22.9 Å². The zero-order chi connectivity index (χ0) is 17.8. The van der Waals surface area contributed by atoms with Gasteiger partial charge in [0.15, 0.2) is 17.3 Å². The van der Waals surface area contributed by atoms with E-state index < -0.39 is 0 Å². The lowest BCUT2D eigenvalue weighted by atomic mass is 9.93. The molecule has 3 rings (SSSR count). The van der Waals surface area contributed by atoms with Crippen molar-refractivity contribution in [3.63, 3.8) is 0 Å². The predicted molar refractivity (Wildman–Crippen MR) is 97.3 cm³/mol. The summed E-state index contributed by atoms with van der Waals surface area (Å²) in [5, 5.41) is 17.4. The van der Waals surface area contributed by atoms with Crippen LogP contribution in [0.25, 0.3) is 0 Å². The van der Waals surface area contributed by atoms with Crippen LogP contribution in [0.15, 0.2) is 30.3 Å². The van der Waals surface area contributed by atoms with E-state index in [1.165, 1.54) is 20.3 Å². The van der Waals surface area contributed by atoms with E-state index in [0.717, 1.165) is 18.5 Å². The molecule has 0 spiro atoms. The van der Waals surface area contributed by atoms with Crippen molar-refractivity contribution in [1.29, 1.82) is 0 Å². The van der Waals surface area contributed by atoms with Gasteiger partial charge in [-0.05, 0) is 37.5 Å². The third kappa shape index (κ3) is 4.32. The average molecular weight is 339 g/mol. The van der Waals surface area contributed by atoms with Crippen molar-refractivity contribution >= 4 is 34.6 Å². The number of carbonyl (C=O) groups excluding carboxylic acids is 2. The van der Waals surface area contributed by atoms with Crippen molar-refractivity contribution in [3.05, 3.63) is 36.0 Å². The average Bonchev–Trinajstić information content (AvgIpc) is 2.50. The first kappa shape index (κ1) is 16.9. The van der Waals surface area contributed by atoms with Gasteiger partial charge in [0.25, 0.3) is 0 Å². The number of ketones is 1. The number of amides is 1. The van der Waals surface area contributed by atoms with Crippen LogP contribution < -0.4 is 16.0 Å². The normalized spacial score (nSPS) is 13.7. The Morgan fingerprint density at radius 3 is 2.48 bits per heavy atom. The van der Waals surface area contributed by atoms with Gasteiger partial charge >= 0.3 is 0 Å². The molecule has 1 fully saturated rings. The highest BCUT2D eigenvalue weighted by atomic mass is 16.1. The molecule has 0 radical (unpaired) electrons. The maximum absolute atomic E-state index is 11.8. The largest absolute Gasteiger partial charge is 0.380 e. The topological polar surface area (TPSA) is 96.0 Å². The molecule has 1 aromatic carbocycles. The number of carbonyl (C=O) groups is 2. The summed E-state index contributed by atoms with van der Waals surface area (Å²) in [5.74, 6) is 0.287. The molecule has 1 aromatic heterocycles. The van der Waals surface area contributed by atoms with Gasteiger partial charge in [0.1, 0.15) is 0 Å². The Bertz CT molecular complexity index is 802. The van der Waals surface area contributed by atoms with E-state index in [1.54, 1.807) is 18.2 Å². The van der Waals surface area contributed by atoms with Crippen molar-refractivity contribution in [2.24, 2.45) is 0 Å². The molecule has 2 aromatic rings. The van der Waals surface area contributed by atoms with Gasteiger partial charge in [0.05, 0.1) is 5.69 Å². The molecule has 1 aliphatic rings. The lowest BCUT2D eigenvalue weighted by molar-refractivity contribution is -0.114. The molecule has 1 heterocycles. The summed E-state index contributed by atoms with van der Waals surface area (Å²) in [5.41, 5.74) is 2.52. The van der Waals surface area contributed by atoms with Gasteiger partial charge in [0.2, 0.25) is 5.91 Å². The van der Waals surface area contributed by atoms with E-state index in [9.17, 15) is 9.59 Å². The van der Waals surface area contributed by atoms with Gasteiger partial charge in [-0.3, -0.25) is 9.59 Å². The molecule has 7 nitrogen and oxygen atoms in total. The van der Waals surface area contributed by atoms with Crippen LogP contribution in [-0.4, -0.2) is 27.9 Å². The summed E-state index contributed by atoms with van der Waals surface area (Å²) in [6.45, 7) is 2.95. The van der Waals surface area contributed by atoms with Gasteiger partial charge in [0, 0.05) is 37.3 Å². The summed E-state index contributed by atoms with van der Waals surface area (Å²) in [6.07, 6.45) is 3.40. The van der Waals surface area contributed by atoms with E-state index in [-0.39, 0.29) is 11.7 Å². The minimum atomic E-state index is -0.130. The van der Waals surface area contributed by atoms with Crippen molar-refractivity contribution < 1.29 is 9.59 Å². The van der Waals surface area contributed by atoms with Gasteiger partial charge in [-0.2, -0.15) is 0 Å². The third-order valence-corrected chi connectivity index (χ3v) is 4.05. The van der Waals surface area contributed by atoms with Crippen LogP contribution in [0.3, 0.4) is 0 Å². The molecule has 1 amide bonds. The number of benzene rings is 1. The lowest BCUT2D eigenvalue weighted by Crippen LogP contribution is -2.28. The predicted octanol–water partition coefficient (Wildman–Crippen LogP) is 3.35. The minimum Gasteiger partial charge on any atom is -0.380 e. The Balaban J connectivity index is 1.81. The van der Waals surface area contributed by atoms with Gasteiger partial charge in [-0.15, -0.1) is 10.2 Å². The van der Waals surface area contributed by atoms with Crippen LogP contribution in [0.1, 0.15) is 43.6 Å². The van der Waals surface area contributed by atoms with Crippen molar-refractivity contribution in [2.75, 3.05) is 16.0 Å². The highest BCUT2D eigenvalue weighted by molar-refractivity contribution is 5.97. The molecular formula is C18H21N5O2. The fourth-order valence-corrected chi connectivity index (χ4v) is 2.62. The standard InChI is InChI=1S/C18H21N5O2/c1-11(24)18-16(20-13-5-3-6-13)10-17(22-23-18)21-15-8-4-7-14(9-15)19-12(2)25/h4,7-10,13H,3,5-6H2,1-2H3,(H,19,25)(H2,20,21,22). The molecule has 1 aliphatic carbocycles. The number of hydrogen-bond donors (Lipinski definition) is 3. The summed E-state index contributed by atoms with van der Waals surface area (Å²) in [7, 11) is 0. The second kappa shape index (κ2) is 7.29. The SMILES string of the molecule is CC(=O)Nc1cccc(Nc2cc(NC3CCC3)c(C(C)=O)nn2)c1. The Hall–Kier alpha value is -2.96. The molecule has 0 saturated heterocycles. The summed E-state index contributed by atoms with van der Waals surface area (Å²) >= 11 is 0. The van der Waals surface area contributed by atoms with Crippen LogP contribution in [-0.2, 0) is 4.79 Å². The smallest absolute Gasteiger partial charge is 0.221 e. The maximum atomic E-state index is 11.8. The first-order valence-corrected chi connectivity index (χ1v) is 8.31. The Kier molecular flexibility index (Phi) is 4.92. The molecule has 7 heteroatoms. The zero-order valence-electron chi connectivity index (χ0n) is 14.3. The molecule has 1 saturated carbocycles. The molecule has 130 valence electrons. The molecule has 3 N–H and O–H groups in total. The fraction of sp³-hybridized carbons (Fsp3) is 0.333. The molecule has 0 atom stereocenters. The first-order chi connectivity index (χ1) is 12.0. The maximum Gasteiger partial charge on any atom is 0.221 e. The number of Topliss-reactive ketones (excluding diaryl/α,β-unsaturated/α-hetero) is 1. The highest BCUT2D eigenvalue weighted by Gasteiger charge is 2.20. The second-order valence-electron chi connectivity index (χ2n) is 6.21.